The van der Waals surface area contributed by atoms with Crippen LogP contribution >= 0.6 is 0 Å². The molecule has 1 aliphatic rings. The summed E-state index contributed by atoms with van der Waals surface area (Å²) in [5.41, 5.74) is 3.63. The Hall–Kier alpha value is -3.82. The van der Waals surface area contributed by atoms with E-state index >= 15 is 0 Å². The number of β-amino-alcohol motifs (C(OH)–C–C–N with tert-alkyl or cyclic N) is 1. The average Bonchev–Trinajstić information content (AvgIpc) is 3.37. The van der Waals surface area contributed by atoms with Gasteiger partial charge in [0.2, 0.25) is 0 Å². The van der Waals surface area contributed by atoms with Gasteiger partial charge < -0.3 is 25.3 Å². The molecule has 0 radical (unpaired) electrons. The fraction of sp³-hybridized carbons (Fsp3) is 0.412. The summed E-state index contributed by atoms with van der Waals surface area (Å²) in [6.07, 6.45) is -0.454. The van der Waals surface area contributed by atoms with Crippen molar-refractivity contribution in [1.29, 1.82) is 0 Å². The zero-order chi connectivity index (χ0) is 31.1. The number of anilines is 1. The molecule has 0 bridgehead atoms. The second-order valence-corrected chi connectivity index (χ2v) is 11.3. The van der Waals surface area contributed by atoms with E-state index in [2.05, 4.69) is 5.32 Å². The van der Waals surface area contributed by atoms with Crippen LogP contribution in [0.1, 0.15) is 64.1 Å². The molecule has 1 heterocycles. The second kappa shape index (κ2) is 14.6. The topological polar surface area (TPSA) is 93.1 Å². The number of carbonyl (C=O) groups is 2. The minimum absolute atomic E-state index is 0.107. The first-order valence-electron chi connectivity index (χ1n) is 14.9. The number of hydrogen-bond donors (Lipinski definition) is 3. The zero-order valence-electron chi connectivity index (χ0n) is 25.0. The molecule has 4 rings (SSSR count). The molecule has 2 amide bonds. The monoisotopic (exact) mass is 593 g/mol. The SMILES string of the molecule is CCCN(CCC)C(=O)c1cc(C)cc(C(=O)N[C@@H](Cc2cc(F)cc(F)c2)[C@H](O)[C@H](O)CN2CCc3ccccc32)c1. The maximum atomic E-state index is 14.0. The highest BCUT2D eigenvalue weighted by Gasteiger charge is 2.32. The molecule has 0 spiro atoms. The molecule has 0 saturated carbocycles. The van der Waals surface area contributed by atoms with Gasteiger partial charge in [-0.2, -0.15) is 0 Å². The summed E-state index contributed by atoms with van der Waals surface area (Å²) in [7, 11) is 0. The van der Waals surface area contributed by atoms with Crippen LogP contribution in [0.25, 0.3) is 0 Å². The van der Waals surface area contributed by atoms with Crippen LogP contribution in [-0.2, 0) is 12.8 Å². The van der Waals surface area contributed by atoms with Crippen molar-refractivity contribution in [3.63, 3.8) is 0 Å². The molecule has 0 unspecified atom stereocenters. The normalized spacial score (nSPS) is 14.6. The van der Waals surface area contributed by atoms with Crippen LogP contribution in [0.4, 0.5) is 14.5 Å². The Labute approximate surface area is 252 Å². The Bertz CT molecular complexity index is 1410. The van der Waals surface area contributed by atoms with Gasteiger partial charge >= 0.3 is 0 Å². The number of aliphatic hydroxyl groups is 2. The molecule has 9 heteroatoms. The number of fused-ring (bicyclic) bond motifs is 1. The maximum Gasteiger partial charge on any atom is 0.253 e. The van der Waals surface area contributed by atoms with E-state index in [-0.39, 0.29) is 30.0 Å². The van der Waals surface area contributed by atoms with E-state index in [0.29, 0.717) is 30.8 Å². The van der Waals surface area contributed by atoms with E-state index in [1.54, 1.807) is 24.0 Å². The minimum atomic E-state index is -1.46. The predicted octanol–water partition coefficient (Wildman–Crippen LogP) is 4.66. The van der Waals surface area contributed by atoms with Gasteiger partial charge in [-0.05, 0) is 85.7 Å². The molecule has 3 aromatic carbocycles. The molecule has 1 aliphatic heterocycles. The number of hydrogen-bond acceptors (Lipinski definition) is 5. The third-order valence-electron chi connectivity index (χ3n) is 7.75. The van der Waals surface area contributed by atoms with Crippen molar-refractivity contribution in [3.8, 4) is 0 Å². The number of amides is 2. The number of rotatable bonds is 13. The summed E-state index contributed by atoms with van der Waals surface area (Å²) in [4.78, 5) is 30.6. The van der Waals surface area contributed by atoms with Gasteiger partial charge in [0.15, 0.2) is 0 Å². The molecule has 3 N–H and O–H groups in total. The van der Waals surface area contributed by atoms with Crippen LogP contribution in [0.3, 0.4) is 0 Å². The fourth-order valence-corrected chi connectivity index (χ4v) is 5.76. The van der Waals surface area contributed by atoms with Crippen LogP contribution in [0.5, 0.6) is 0 Å². The molecule has 0 aromatic heterocycles. The van der Waals surface area contributed by atoms with Crippen molar-refractivity contribution in [1.82, 2.24) is 10.2 Å². The summed E-state index contributed by atoms with van der Waals surface area (Å²) in [6.45, 7) is 7.76. The van der Waals surface area contributed by atoms with Crippen molar-refractivity contribution in [2.24, 2.45) is 0 Å². The number of para-hydroxylation sites is 1. The summed E-state index contributed by atoms with van der Waals surface area (Å²) in [6, 6.07) is 14.7. The van der Waals surface area contributed by atoms with Crippen LogP contribution in [0.2, 0.25) is 0 Å². The van der Waals surface area contributed by atoms with E-state index in [1.807, 2.05) is 43.0 Å². The van der Waals surface area contributed by atoms with Crippen LogP contribution in [-0.4, -0.2) is 71.4 Å². The Morgan fingerprint density at radius 2 is 1.60 bits per heavy atom. The van der Waals surface area contributed by atoms with Crippen molar-refractivity contribution in [3.05, 3.63) is 100 Å². The summed E-state index contributed by atoms with van der Waals surface area (Å²) >= 11 is 0. The van der Waals surface area contributed by atoms with E-state index < -0.39 is 35.8 Å². The first-order valence-corrected chi connectivity index (χ1v) is 14.9. The lowest BCUT2D eigenvalue weighted by Gasteiger charge is -2.31. The molecule has 0 saturated heterocycles. The fourth-order valence-electron chi connectivity index (χ4n) is 5.76. The van der Waals surface area contributed by atoms with E-state index in [1.165, 1.54) is 6.07 Å². The molecule has 3 atom stereocenters. The molecular formula is C34H41F2N3O4. The quantitative estimate of drug-likeness (QED) is 0.268. The summed E-state index contributed by atoms with van der Waals surface area (Å²) in [5, 5.41) is 25.2. The van der Waals surface area contributed by atoms with Gasteiger partial charge in [-0.15, -0.1) is 0 Å². The number of aryl methyl sites for hydroxylation is 1. The smallest absolute Gasteiger partial charge is 0.253 e. The lowest BCUT2D eigenvalue weighted by Crippen LogP contribution is -2.52. The highest BCUT2D eigenvalue weighted by atomic mass is 19.1. The lowest BCUT2D eigenvalue weighted by molar-refractivity contribution is 0.00123. The third-order valence-corrected chi connectivity index (χ3v) is 7.75. The predicted molar refractivity (Wildman–Crippen MR) is 163 cm³/mol. The highest BCUT2D eigenvalue weighted by molar-refractivity contribution is 6.00. The van der Waals surface area contributed by atoms with Gasteiger partial charge in [0, 0.05) is 49.1 Å². The average molecular weight is 594 g/mol. The van der Waals surface area contributed by atoms with Crippen molar-refractivity contribution < 1.29 is 28.6 Å². The minimum Gasteiger partial charge on any atom is -0.388 e. The van der Waals surface area contributed by atoms with Gasteiger partial charge in [0.1, 0.15) is 17.7 Å². The third kappa shape index (κ3) is 8.18. The Morgan fingerprint density at radius 3 is 2.28 bits per heavy atom. The molecule has 0 fully saturated rings. The first kappa shape index (κ1) is 32.1. The van der Waals surface area contributed by atoms with Gasteiger partial charge in [0.25, 0.3) is 11.8 Å². The Morgan fingerprint density at radius 1 is 0.953 bits per heavy atom. The first-order chi connectivity index (χ1) is 20.6. The number of carbonyl (C=O) groups excluding carboxylic acids is 2. The molecule has 43 heavy (non-hydrogen) atoms. The number of nitrogens with one attached hydrogen (secondary N) is 1. The lowest BCUT2D eigenvalue weighted by atomic mass is 9.96. The van der Waals surface area contributed by atoms with Gasteiger partial charge in [-0.3, -0.25) is 9.59 Å². The number of aliphatic hydroxyl groups excluding tert-OH is 2. The van der Waals surface area contributed by atoms with Gasteiger partial charge in [0.05, 0.1) is 12.1 Å². The molecule has 230 valence electrons. The van der Waals surface area contributed by atoms with Crippen LogP contribution in [0.15, 0.2) is 60.7 Å². The maximum absolute atomic E-state index is 14.0. The molecular weight excluding hydrogens is 552 g/mol. The summed E-state index contributed by atoms with van der Waals surface area (Å²) in [5.74, 6) is -2.31. The van der Waals surface area contributed by atoms with Gasteiger partial charge in [-0.25, -0.2) is 8.78 Å². The van der Waals surface area contributed by atoms with E-state index in [9.17, 15) is 28.6 Å². The molecule has 0 aliphatic carbocycles. The van der Waals surface area contributed by atoms with Crippen molar-refractivity contribution in [2.45, 2.75) is 64.7 Å². The van der Waals surface area contributed by atoms with Crippen molar-refractivity contribution >= 4 is 17.5 Å². The summed E-state index contributed by atoms with van der Waals surface area (Å²) < 4.78 is 28.1. The molecule has 3 aromatic rings. The zero-order valence-corrected chi connectivity index (χ0v) is 25.0. The number of halogens is 2. The standard InChI is InChI=1S/C34H41F2N3O4/c1-4-11-38(12-5-2)34(43)26-15-22(3)14-25(19-26)33(42)37-29(18-23-16-27(35)20-28(36)17-23)32(41)31(40)21-39-13-10-24-8-6-7-9-30(24)39/h6-9,14-17,19-20,29,31-32,40-41H,4-5,10-13,18,21H2,1-3H3,(H,37,42)/t29-,31+,32-/m0/s1. The van der Waals surface area contributed by atoms with Crippen molar-refractivity contribution in [2.75, 3.05) is 31.1 Å². The largest absolute Gasteiger partial charge is 0.388 e. The Kier molecular flexibility index (Phi) is 10.9. The number of benzene rings is 3. The number of nitrogens with zero attached hydrogens (tertiary/aromatic N) is 2. The molecule has 7 nitrogen and oxygen atoms in total. The Balaban J connectivity index is 1.58. The van der Waals surface area contributed by atoms with E-state index in [0.717, 1.165) is 48.7 Å². The van der Waals surface area contributed by atoms with Gasteiger partial charge in [-0.1, -0.05) is 32.0 Å². The second-order valence-electron chi connectivity index (χ2n) is 11.3. The van der Waals surface area contributed by atoms with Crippen LogP contribution < -0.4 is 10.2 Å². The van der Waals surface area contributed by atoms with Crippen LogP contribution in [0, 0.1) is 18.6 Å². The highest BCUT2D eigenvalue weighted by Crippen LogP contribution is 2.28. The van der Waals surface area contributed by atoms with E-state index in [4.69, 9.17) is 0 Å².